The van der Waals surface area contributed by atoms with Crippen LogP contribution in [0.25, 0.3) is 0 Å². The summed E-state index contributed by atoms with van der Waals surface area (Å²) < 4.78 is 5.84. The highest BCUT2D eigenvalue weighted by Crippen LogP contribution is 2.27. The summed E-state index contributed by atoms with van der Waals surface area (Å²) in [6.45, 7) is 0. The fourth-order valence-corrected chi connectivity index (χ4v) is 1.42. The Balaban J connectivity index is 3.13. The Hall–Kier alpha value is -1.07. The van der Waals surface area contributed by atoms with Gasteiger partial charge in [-0.1, -0.05) is 22.0 Å². The molecule has 0 spiro atoms. The molecule has 4 nitrogen and oxygen atoms in total. The number of carboxylic acid groups (broad SMARTS) is 1. The summed E-state index contributed by atoms with van der Waals surface area (Å²) in [4.78, 5) is 10.7. The van der Waals surface area contributed by atoms with E-state index in [0.29, 0.717) is 11.3 Å². The molecule has 0 saturated carbocycles. The third kappa shape index (κ3) is 2.24. The van der Waals surface area contributed by atoms with Crippen LogP contribution in [0.3, 0.4) is 0 Å². The van der Waals surface area contributed by atoms with E-state index in [1.807, 2.05) is 0 Å². The molecule has 0 amide bonds. The van der Waals surface area contributed by atoms with E-state index in [2.05, 4.69) is 15.9 Å². The van der Waals surface area contributed by atoms with Crippen LogP contribution in [0, 0.1) is 0 Å². The maximum absolute atomic E-state index is 10.7. The number of benzene rings is 1. The van der Waals surface area contributed by atoms with Gasteiger partial charge in [-0.25, -0.2) is 0 Å². The van der Waals surface area contributed by atoms with Gasteiger partial charge < -0.3 is 15.6 Å². The molecule has 14 heavy (non-hydrogen) atoms. The lowest BCUT2D eigenvalue weighted by Gasteiger charge is -2.11. The smallest absolute Gasteiger partial charge is 0.325 e. The average molecular weight is 260 g/mol. The van der Waals surface area contributed by atoms with Crippen molar-refractivity contribution >= 4 is 21.9 Å². The molecule has 0 radical (unpaired) electrons. The van der Waals surface area contributed by atoms with Crippen molar-refractivity contribution in [2.24, 2.45) is 5.73 Å². The van der Waals surface area contributed by atoms with E-state index in [1.165, 1.54) is 7.11 Å². The summed E-state index contributed by atoms with van der Waals surface area (Å²) in [6.07, 6.45) is 0. The highest BCUT2D eigenvalue weighted by atomic mass is 79.9. The largest absolute Gasteiger partial charge is 0.496 e. The van der Waals surface area contributed by atoms with Crippen molar-refractivity contribution in [1.82, 2.24) is 0 Å². The first kappa shape index (κ1) is 11.0. The third-order valence-electron chi connectivity index (χ3n) is 1.80. The SMILES string of the molecule is COc1cc(Br)ccc1[C@H](N)C(=O)O. The number of rotatable bonds is 3. The maximum atomic E-state index is 10.7. The van der Waals surface area contributed by atoms with Gasteiger partial charge in [0.2, 0.25) is 0 Å². The first-order chi connectivity index (χ1) is 6.56. The lowest BCUT2D eigenvalue weighted by Crippen LogP contribution is -2.21. The molecule has 0 saturated heterocycles. The van der Waals surface area contributed by atoms with Crippen LogP contribution in [-0.2, 0) is 4.79 Å². The normalized spacial score (nSPS) is 12.2. The van der Waals surface area contributed by atoms with Crippen molar-refractivity contribution in [3.8, 4) is 5.75 Å². The minimum atomic E-state index is -1.08. The minimum Gasteiger partial charge on any atom is -0.496 e. The Morgan fingerprint density at radius 2 is 2.29 bits per heavy atom. The molecule has 1 aromatic rings. The number of hydrogen-bond acceptors (Lipinski definition) is 3. The second-order valence-corrected chi connectivity index (χ2v) is 3.62. The highest BCUT2D eigenvalue weighted by molar-refractivity contribution is 9.10. The molecule has 76 valence electrons. The van der Waals surface area contributed by atoms with Gasteiger partial charge in [0.05, 0.1) is 7.11 Å². The molecule has 1 aromatic carbocycles. The Kier molecular flexibility index (Phi) is 3.49. The summed E-state index contributed by atoms with van der Waals surface area (Å²) in [5.74, 6) is -0.611. The number of carbonyl (C=O) groups is 1. The molecule has 0 bridgehead atoms. The molecule has 1 rings (SSSR count). The van der Waals surface area contributed by atoms with Gasteiger partial charge in [0.15, 0.2) is 0 Å². The monoisotopic (exact) mass is 259 g/mol. The van der Waals surface area contributed by atoms with Crippen LogP contribution >= 0.6 is 15.9 Å². The standard InChI is InChI=1S/C9H10BrNO3/c1-14-7-4-5(10)2-3-6(7)8(11)9(12)13/h2-4,8H,11H2,1H3,(H,12,13)/t8-/m0/s1. The summed E-state index contributed by atoms with van der Waals surface area (Å²) in [5.41, 5.74) is 5.93. The number of nitrogens with two attached hydrogens (primary N) is 1. The molecule has 0 aliphatic rings. The fourth-order valence-electron chi connectivity index (χ4n) is 1.07. The maximum Gasteiger partial charge on any atom is 0.325 e. The second kappa shape index (κ2) is 4.43. The number of ether oxygens (including phenoxy) is 1. The quantitative estimate of drug-likeness (QED) is 0.864. The molecule has 0 heterocycles. The Labute approximate surface area is 89.8 Å². The van der Waals surface area contributed by atoms with Crippen LogP contribution in [0.5, 0.6) is 5.75 Å². The predicted octanol–water partition coefficient (Wildman–Crippen LogP) is 1.54. The van der Waals surface area contributed by atoms with Crippen molar-refractivity contribution in [3.63, 3.8) is 0 Å². The summed E-state index contributed by atoms with van der Waals surface area (Å²) in [7, 11) is 1.47. The lowest BCUT2D eigenvalue weighted by atomic mass is 10.1. The Morgan fingerprint density at radius 1 is 1.64 bits per heavy atom. The molecule has 1 atom stereocenters. The Morgan fingerprint density at radius 3 is 2.79 bits per heavy atom. The van der Waals surface area contributed by atoms with Crippen LogP contribution < -0.4 is 10.5 Å². The van der Waals surface area contributed by atoms with Crippen molar-refractivity contribution < 1.29 is 14.6 Å². The van der Waals surface area contributed by atoms with E-state index in [-0.39, 0.29) is 0 Å². The summed E-state index contributed by atoms with van der Waals surface area (Å²) in [5, 5.41) is 8.73. The van der Waals surface area contributed by atoms with E-state index >= 15 is 0 Å². The topological polar surface area (TPSA) is 72.5 Å². The number of carboxylic acids is 1. The van der Waals surface area contributed by atoms with Gasteiger partial charge >= 0.3 is 5.97 Å². The zero-order chi connectivity index (χ0) is 10.7. The highest BCUT2D eigenvalue weighted by Gasteiger charge is 2.18. The molecule has 3 N–H and O–H groups in total. The lowest BCUT2D eigenvalue weighted by molar-refractivity contribution is -0.138. The van der Waals surface area contributed by atoms with Gasteiger partial charge in [0.1, 0.15) is 11.8 Å². The molecule has 0 aliphatic heterocycles. The van der Waals surface area contributed by atoms with Crippen LogP contribution in [0.15, 0.2) is 22.7 Å². The van der Waals surface area contributed by atoms with Crippen LogP contribution in [-0.4, -0.2) is 18.2 Å². The molecule has 0 aromatic heterocycles. The van der Waals surface area contributed by atoms with E-state index in [0.717, 1.165) is 4.47 Å². The zero-order valence-electron chi connectivity index (χ0n) is 7.53. The van der Waals surface area contributed by atoms with Crippen molar-refractivity contribution in [3.05, 3.63) is 28.2 Å². The summed E-state index contributed by atoms with van der Waals surface area (Å²) >= 11 is 3.26. The zero-order valence-corrected chi connectivity index (χ0v) is 9.11. The average Bonchev–Trinajstić information content (AvgIpc) is 2.16. The molecular formula is C9H10BrNO3. The van der Waals surface area contributed by atoms with Crippen molar-refractivity contribution in [1.29, 1.82) is 0 Å². The van der Waals surface area contributed by atoms with Crippen molar-refractivity contribution in [2.75, 3.05) is 7.11 Å². The fraction of sp³-hybridized carbons (Fsp3) is 0.222. The van der Waals surface area contributed by atoms with Crippen LogP contribution in [0.1, 0.15) is 11.6 Å². The van der Waals surface area contributed by atoms with E-state index in [1.54, 1.807) is 18.2 Å². The first-order valence-corrected chi connectivity index (χ1v) is 4.67. The number of hydrogen-bond donors (Lipinski definition) is 2. The van der Waals surface area contributed by atoms with Crippen LogP contribution in [0.4, 0.5) is 0 Å². The molecule has 0 fully saturated rings. The molecular weight excluding hydrogens is 250 g/mol. The second-order valence-electron chi connectivity index (χ2n) is 2.70. The van der Waals surface area contributed by atoms with Gasteiger partial charge in [-0.3, -0.25) is 4.79 Å². The molecule has 0 unspecified atom stereocenters. The van der Waals surface area contributed by atoms with Gasteiger partial charge in [-0.05, 0) is 12.1 Å². The molecule has 5 heteroatoms. The minimum absolute atomic E-state index is 0.461. The number of aliphatic carboxylic acids is 1. The van der Waals surface area contributed by atoms with E-state index in [4.69, 9.17) is 15.6 Å². The van der Waals surface area contributed by atoms with Gasteiger partial charge in [-0.15, -0.1) is 0 Å². The van der Waals surface area contributed by atoms with Crippen molar-refractivity contribution in [2.45, 2.75) is 6.04 Å². The third-order valence-corrected chi connectivity index (χ3v) is 2.29. The van der Waals surface area contributed by atoms with E-state index < -0.39 is 12.0 Å². The van der Waals surface area contributed by atoms with Gasteiger partial charge in [-0.2, -0.15) is 0 Å². The van der Waals surface area contributed by atoms with Gasteiger partial charge in [0, 0.05) is 10.0 Å². The predicted molar refractivity (Wildman–Crippen MR) is 55.3 cm³/mol. The van der Waals surface area contributed by atoms with E-state index in [9.17, 15) is 4.79 Å². The number of methoxy groups -OCH3 is 1. The summed E-state index contributed by atoms with van der Waals surface area (Å²) in [6, 6.07) is 3.97. The first-order valence-electron chi connectivity index (χ1n) is 3.88. The van der Waals surface area contributed by atoms with Crippen LogP contribution in [0.2, 0.25) is 0 Å². The molecule has 0 aliphatic carbocycles. The number of halogens is 1. The van der Waals surface area contributed by atoms with Gasteiger partial charge in [0.25, 0.3) is 0 Å². The Bertz CT molecular complexity index is 354.